The lowest BCUT2D eigenvalue weighted by Crippen LogP contribution is -2.34. The summed E-state index contributed by atoms with van der Waals surface area (Å²) in [6, 6.07) is 4.92. The molecule has 0 unspecified atom stereocenters. The van der Waals surface area contributed by atoms with E-state index < -0.39 is 0 Å². The van der Waals surface area contributed by atoms with Crippen molar-refractivity contribution in [3.63, 3.8) is 0 Å². The van der Waals surface area contributed by atoms with E-state index in [1.54, 1.807) is 23.1 Å². The molecule has 0 saturated carbocycles. The largest absolute Gasteiger partial charge is 0.368 e. The monoisotopic (exact) mass is 411 g/mol. The lowest BCUT2D eigenvalue weighted by molar-refractivity contribution is -0.117. The number of benzene rings is 1. The van der Waals surface area contributed by atoms with Crippen LogP contribution in [0.5, 0.6) is 0 Å². The van der Waals surface area contributed by atoms with E-state index in [9.17, 15) is 4.79 Å². The Morgan fingerprint density at radius 3 is 2.59 bits per heavy atom. The third kappa shape index (κ3) is 6.50. The predicted molar refractivity (Wildman–Crippen MR) is 109 cm³/mol. The molecule has 0 fully saturated rings. The quantitative estimate of drug-likeness (QED) is 0.688. The van der Waals surface area contributed by atoms with Crippen LogP contribution in [0.2, 0.25) is 10.0 Å². The molecule has 0 aliphatic rings. The van der Waals surface area contributed by atoms with Gasteiger partial charge in [-0.1, -0.05) is 30.1 Å². The predicted octanol–water partition coefficient (Wildman–Crippen LogP) is 2.68. The van der Waals surface area contributed by atoms with Crippen molar-refractivity contribution in [1.29, 1.82) is 0 Å². The number of nitrogens with two attached hydrogens (primary N) is 1. The van der Waals surface area contributed by atoms with Gasteiger partial charge < -0.3 is 16.0 Å². The maximum atomic E-state index is 12.4. The molecule has 1 aromatic carbocycles. The van der Waals surface area contributed by atoms with Gasteiger partial charge in [-0.2, -0.15) is 15.0 Å². The highest BCUT2D eigenvalue weighted by Crippen LogP contribution is 2.25. The molecule has 0 spiro atoms. The lowest BCUT2D eigenvalue weighted by Gasteiger charge is -2.21. The van der Waals surface area contributed by atoms with Crippen molar-refractivity contribution in [3.8, 4) is 0 Å². The molecule has 10 heteroatoms. The number of nitrogens with one attached hydrogen (secondary N) is 1. The molecule has 3 N–H and O–H groups in total. The first-order valence-corrected chi connectivity index (χ1v) is 9.19. The SMILES string of the molecule is CCCN(CC(=O)Nc1ccc(Cl)cc1Cl)Cc1nc(N)nc(N(C)C)n1. The molecular weight excluding hydrogens is 389 g/mol. The van der Waals surface area contributed by atoms with Crippen molar-refractivity contribution in [2.75, 3.05) is 43.1 Å². The Morgan fingerprint density at radius 2 is 1.96 bits per heavy atom. The molecule has 1 amide bonds. The third-order valence-electron chi connectivity index (χ3n) is 3.56. The van der Waals surface area contributed by atoms with Gasteiger partial charge in [0.25, 0.3) is 0 Å². The molecule has 2 aromatic rings. The second kappa shape index (κ2) is 9.68. The molecule has 0 radical (unpaired) electrons. The molecule has 27 heavy (non-hydrogen) atoms. The molecule has 2 rings (SSSR count). The minimum absolute atomic E-state index is 0.151. The minimum atomic E-state index is -0.192. The molecule has 146 valence electrons. The van der Waals surface area contributed by atoms with Gasteiger partial charge in [0.2, 0.25) is 17.8 Å². The molecule has 1 heterocycles. The lowest BCUT2D eigenvalue weighted by atomic mass is 10.3. The van der Waals surface area contributed by atoms with E-state index in [2.05, 4.69) is 20.3 Å². The minimum Gasteiger partial charge on any atom is -0.368 e. The Kier molecular flexibility index (Phi) is 7.58. The first-order valence-electron chi connectivity index (χ1n) is 8.43. The number of carbonyl (C=O) groups excluding carboxylic acids is 1. The highest BCUT2D eigenvalue weighted by Gasteiger charge is 2.15. The normalized spacial score (nSPS) is 10.9. The van der Waals surface area contributed by atoms with Crippen LogP contribution in [-0.2, 0) is 11.3 Å². The van der Waals surface area contributed by atoms with E-state index in [4.69, 9.17) is 28.9 Å². The average molecular weight is 412 g/mol. The highest BCUT2D eigenvalue weighted by atomic mass is 35.5. The number of rotatable bonds is 8. The van der Waals surface area contributed by atoms with Crippen LogP contribution in [0, 0.1) is 0 Å². The van der Waals surface area contributed by atoms with Gasteiger partial charge in [0.15, 0.2) is 0 Å². The maximum absolute atomic E-state index is 12.4. The summed E-state index contributed by atoms with van der Waals surface area (Å²) in [7, 11) is 3.65. The molecule has 8 nitrogen and oxygen atoms in total. The summed E-state index contributed by atoms with van der Waals surface area (Å²) in [6.07, 6.45) is 0.871. The van der Waals surface area contributed by atoms with E-state index in [-0.39, 0.29) is 18.4 Å². The van der Waals surface area contributed by atoms with Gasteiger partial charge >= 0.3 is 0 Å². The van der Waals surface area contributed by atoms with Gasteiger partial charge in [0.1, 0.15) is 5.82 Å². The van der Waals surface area contributed by atoms with Gasteiger partial charge in [0.05, 0.1) is 23.8 Å². The Balaban J connectivity index is 2.07. The number of aromatic nitrogens is 3. The first-order chi connectivity index (χ1) is 12.8. The number of amides is 1. The van der Waals surface area contributed by atoms with E-state index in [1.807, 2.05) is 25.9 Å². The molecule has 0 bridgehead atoms. The first kappa shape index (κ1) is 21.1. The summed E-state index contributed by atoms with van der Waals surface area (Å²) in [4.78, 5) is 28.8. The van der Waals surface area contributed by atoms with Crippen LogP contribution in [-0.4, -0.2) is 52.9 Å². The summed E-state index contributed by atoms with van der Waals surface area (Å²) in [6.45, 7) is 3.28. The molecule has 1 aromatic heterocycles. The van der Waals surface area contributed by atoms with Crippen molar-refractivity contribution in [3.05, 3.63) is 34.1 Å². The second-order valence-electron chi connectivity index (χ2n) is 6.19. The molecule has 0 atom stereocenters. The topological polar surface area (TPSA) is 100 Å². The number of nitrogen functional groups attached to an aromatic ring is 1. The summed E-state index contributed by atoms with van der Waals surface area (Å²) < 4.78 is 0. The van der Waals surface area contributed by atoms with Crippen LogP contribution in [0.15, 0.2) is 18.2 Å². The summed E-state index contributed by atoms with van der Waals surface area (Å²) in [5.74, 6) is 0.948. The Labute approximate surface area is 168 Å². The van der Waals surface area contributed by atoms with Crippen molar-refractivity contribution >= 4 is 46.7 Å². The smallest absolute Gasteiger partial charge is 0.238 e. The van der Waals surface area contributed by atoms with Crippen LogP contribution < -0.4 is 16.0 Å². The van der Waals surface area contributed by atoms with E-state index in [0.29, 0.717) is 40.6 Å². The Bertz CT molecular complexity index is 801. The summed E-state index contributed by atoms with van der Waals surface area (Å²) in [5.41, 5.74) is 6.28. The van der Waals surface area contributed by atoms with Gasteiger partial charge in [0, 0.05) is 19.1 Å². The van der Waals surface area contributed by atoms with Crippen LogP contribution >= 0.6 is 23.2 Å². The average Bonchev–Trinajstić information content (AvgIpc) is 2.57. The molecule has 0 aliphatic heterocycles. The van der Waals surface area contributed by atoms with E-state index >= 15 is 0 Å². The fourth-order valence-electron chi connectivity index (χ4n) is 2.41. The van der Waals surface area contributed by atoms with Crippen molar-refractivity contribution in [2.45, 2.75) is 19.9 Å². The molecule has 0 aliphatic carbocycles. The zero-order valence-electron chi connectivity index (χ0n) is 15.5. The van der Waals surface area contributed by atoms with Crippen molar-refractivity contribution in [1.82, 2.24) is 19.9 Å². The number of carbonyl (C=O) groups is 1. The fraction of sp³-hybridized carbons (Fsp3) is 0.412. The van der Waals surface area contributed by atoms with Gasteiger partial charge in [-0.15, -0.1) is 0 Å². The number of hydrogen-bond donors (Lipinski definition) is 2. The van der Waals surface area contributed by atoms with Crippen LogP contribution in [0.1, 0.15) is 19.2 Å². The van der Waals surface area contributed by atoms with Crippen molar-refractivity contribution in [2.24, 2.45) is 0 Å². The van der Waals surface area contributed by atoms with Crippen LogP contribution in [0.3, 0.4) is 0 Å². The second-order valence-corrected chi connectivity index (χ2v) is 7.03. The summed E-state index contributed by atoms with van der Waals surface area (Å²) in [5, 5.41) is 3.69. The van der Waals surface area contributed by atoms with Gasteiger partial charge in [-0.05, 0) is 31.2 Å². The molecule has 0 saturated heterocycles. The van der Waals surface area contributed by atoms with Crippen LogP contribution in [0.25, 0.3) is 0 Å². The number of nitrogens with zero attached hydrogens (tertiary/aromatic N) is 5. The number of hydrogen-bond acceptors (Lipinski definition) is 7. The van der Waals surface area contributed by atoms with E-state index in [1.165, 1.54) is 0 Å². The van der Waals surface area contributed by atoms with Gasteiger partial charge in [-0.3, -0.25) is 9.69 Å². The zero-order valence-corrected chi connectivity index (χ0v) is 17.0. The third-order valence-corrected chi connectivity index (χ3v) is 4.11. The summed E-state index contributed by atoms with van der Waals surface area (Å²) >= 11 is 12.0. The number of anilines is 3. The maximum Gasteiger partial charge on any atom is 0.238 e. The standard InChI is InChI=1S/C17H23Cl2N7O/c1-4-7-26(9-14-22-16(20)24-17(23-14)25(2)3)10-15(27)21-13-6-5-11(18)8-12(13)19/h5-6,8H,4,7,9-10H2,1-3H3,(H,21,27)(H2,20,22,23,24). The Morgan fingerprint density at radius 1 is 1.22 bits per heavy atom. The van der Waals surface area contributed by atoms with Crippen LogP contribution in [0.4, 0.5) is 17.6 Å². The fourth-order valence-corrected chi connectivity index (χ4v) is 2.87. The number of halogens is 2. The Hall–Kier alpha value is -2.16. The van der Waals surface area contributed by atoms with Crippen molar-refractivity contribution < 1.29 is 4.79 Å². The van der Waals surface area contributed by atoms with E-state index in [0.717, 1.165) is 6.42 Å². The molecular formula is C17H23Cl2N7O. The van der Waals surface area contributed by atoms with Gasteiger partial charge in [-0.25, -0.2) is 0 Å². The zero-order chi connectivity index (χ0) is 20.0. The highest BCUT2D eigenvalue weighted by molar-refractivity contribution is 6.36.